The summed E-state index contributed by atoms with van der Waals surface area (Å²) in [6.45, 7) is 2.74. The molecule has 0 saturated heterocycles. The molecule has 0 spiro atoms. The zero-order valence-electron chi connectivity index (χ0n) is 12.6. The zero-order valence-corrected chi connectivity index (χ0v) is 13.4. The summed E-state index contributed by atoms with van der Waals surface area (Å²) in [4.78, 5) is 5.99. The third kappa shape index (κ3) is 4.89. The highest BCUT2D eigenvalue weighted by Gasteiger charge is 2.12. The highest BCUT2D eigenvalue weighted by Crippen LogP contribution is 2.30. The number of aromatic nitrogens is 1. The van der Waals surface area contributed by atoms with Gasteiger partial charge in [-0.1, -0.05) is 30.3 Å². The van der Waals surface area contributed by atoms with Crippen LogP contribution in [0.1, 0.15) is 10.7 Å². The Morgan fingerprint density at radius 2 is 1.95 bits per heavy atom. The third-order valence-corrected chi connectivity index (χ3v) is 4.22. The van der Waals surface area contributed by atoms with Gasteiger partial charge in [0.1, 0.15) is 0 Å². The highest BCUT2D eigenvalue weighted by atomic mass is 32.1. The number of hydrogen-bond donors (Lipinski definition) is 1. The van der Waals surface area contributed by atoms with Gasteiger partial charge >= 0.3 is 0 Å². The van der Waals surface area contributed by atoms with Gasteiger partial charge in [-0.2, -0.15) is 0 Å². The molecule has 0 unspecified atom stereocenters. The summed E-state index contributed by atoms with van der Waals surface area (Å²) in [5.74, 6) is 0. The van der Waals surface area contributed by atoms with Gasteiger partial charge in [-0.3, -0.25) is 0 Å². The first kappa shape index (κ1) is 16.1. The molecule has 0 fully saturated rings. The Morgan fingerprint density at radius 1 is 1.14 bits per heavy atom. The molecular formula is C16H22N2O2S. The molecule has 0 atom stereocenters. The summed E-state index contributed by atoms with van der Waals surface area (Å²) in [5, 5.41) is 4.31. The largest absolute Gasteiger partial charge is 0.382 e. The van der Waals surface area contributed by atoms with Crippen LogP contribution in [0.4, 0.5) is 0 Å². The lowest BCUT2D eigenvalue weighted by molar-refractivity contribution is 0.0722. The van der Waals surface area contributed by atoms with E-state index in [4.69, 9.17) is 14.5 Å². The van der Waals surface area contributed by atoms with Crippen LogP contribution >= 0.6 is 11.3 Å². The molecule has 1 N–H and O–H groups in total. The summed E-state index contributed by atoms with van der Waals surface area (Å²) in [5.41, 5.74) is 2.34. The summed E-state index contributed by atoms with van der Waals surface area (Å²) < 4.78 is 10.5. The molecule has 0 aliphatic rings. The van der Waals surface area contributed by atoms with Crippen LogP contribution in [0.3, 0.4) is 0 Å². The molecule has 0 bridgehead atoms. The van der Waals surface area contributed by atoms with Gasteiger partial charge in [0.15, 0.2) is 0 Å². The van der Waals surface area contributed by atoms with E-state index in [1.165, 1.54) is 10.4 Å². The number of thiazole rings is 1. The highest BCUT2D eigenvalue weighted by molar-refractivity contribution is 7.15. The minimum Gasteiger partial charge on any atom is -0.382 e. The first-order chi connectivity index (χ1) is 10.3. The molecule has 114 valence electrons. The molecule has 0 aliphatic heterocycles. The first-order valence-electron chi connectivity index (χ1n) is 7.10. The van der Waals surface area contributed by atoms with Gasteiger partial charge in [0.2, 0.25) is 0 Å². The molecule has 1 heterocycles. The van der Waals surface area contributed by atoms with E-state index in [1.54, 1.807) is 18.4 Å². The van der Waals surface area contributed by atoms with E-state index in [2.05, 4.69) is 29.6 Å². The smallest absolute Gasteiger partial charge is 0.0958 e. The Kier molecular flexibility index (Phi) is 6.82. The van der Waals surface area contributed by atoms with Crippen molar-refractivity contribution < 1.29 is 9.47 Å². The minimum atomic E-state index is 0.636. The molecule has 5 heteroatoms. The van der Waals surface area contributed by atoms with Crippen LogP contribution in [0.15, 0.2) is 30.3 Å². The number of hydrogen-bond acceptors (Lipinski definition) is 5. The molecule has 0 saturated carbocycles. The fourth-order valence-corrected chi connectivity index (χ4v) is 3.08. The van der Waals surface area contributed by atoms with E-state index in [-0.39, 0.29) is 0 Å². The topological polar surface area (TPSA) is 43.4 Å². The Balaban J connectivity index is 2.03. The maximum absolute atomic E-state index is 5.52. The molecule has 1 aromatic heterocycles. The van der Waals surface area contributed by atoms with E-state index in [1.807, 2.05) is 13.1 Å². The fourth-order valence-electron chi connectivity index (χ4n) is 2.01. The first-order valence-corrected chi connectivity index (χ1v) is 7.92. The van der Waals surface area contributed by atoms with Crippen LogP contribution in [-0.2, 0) is 22.4 Å². The second-order valence-electron chi connectivity index (χ2n) is 4.63. The Labute approximate surface area is 130 Å². The van der Waals surface area contributed by atoms with Crippen molar-refractivity contribution in [2.75, 3.05) is 34.0 Å². The molecule has 0 amide bonds. The number of benzene rings is 1. The molecule has 4 nitrogen and oxygen atoms in total. The van der Waals surface area contributed by atoms with Gasteiger partial charge in [-0.25, -0.2) is 4.98 Å². The number of ether oxygens (including phenoxy) is 2. The Bertz CT molecular complexity index is 528. The summed E-state index contributed by atoms with van der Waals surface area (Å²) in [6, 6.07) is 10.4. The van der Waals surface area contributed by atoms with E-state index < -0.39 is 0 Å². The van der Waals surface area contributed by atoms with E-state index >= 15 is 0 Å². The van der Waals surface area contributed by atoms with Gasteiger partial charge in [-0.15, -0.1) is 11.3 Å². The van der Waals surface area contributed by atoms with Crippen LogP contribution in [0, 0.1) is 0 Å². The SMILES string of the molecule is CNCc1nc(CCOCCOC)sc1-c1ccccc1. The Morgan fingerprint density at radius 3 is 2.67 bits per heavy atom. The Hall–Kier alpha value is -1.27. The van der Waals surface area contributed by atoms with Crippen LogP contribution < -0.4 is 5.32 Å². The number of nitrogens with zero attached hydrogens (tertiary/aromatic N) is 1. The monoisotopic (exact) mass is 306 g/mol. The van der Waals surface area contributed by atoms with Crippen LogP contribution in [-0.4, -0.2) is 39.0 Å². The second-order valence-corrected chi connectivity index (χ2v) is 5.72. The predicted octanol–water partition coefficient (Wildman–Crippen LogP) is 2.74. The van der Waals surface area contributed by atoms with Crippen LogP contribution in [0.2, 0.25) is 0 Å². The maximum atomic E-state index is 5.52. The predicted molar refractivity (Wildman–Crippen MR) is 86.7 cm³/mol. The fraction of sp³-hybridized carbons (Fsp3) is 0.438. The van der Waals surface area contributed by atoms with E-state index in [9.17, 15) is 0 Å². The maximum Gasteiger partial charge on any atom is 0.0958 e. The number of rotatable bonds is 9. The van der Waals surface area contributed by atoms with Crippen molar-refractivity contribution in [3.8, 4) is 10.4 Å². The van der Waals surface area contributed by atoms with Gasteiger partial charge in [0.05, 0.1) is 35.4 Å². The number of methoxy groups -OCH3 is 1. The van der Waals surface area contributed by atoms with Crippen molar-refractivity contribution >= 4 is 11.3 Å². The molecule has 21 heavy (non-hydrogen) atoms. The lowest BCUT2D eigenvalue weighted by Gasteiger charge is -2.00. The lowest BCUT2D eigenvalue weighted by atomic mass is 10.1. The van der Waals surface area contributed by atoms with Crippen molar-refractivity contribution in [3.63, 3.8) is 0 Å². The van der Waals surface area contributed by atoms with Crippen LogP contribution in [0.5, 0.6) is 0 Å². The van der Waals surface area contributed by atoms with Gasteiger partial charge in [0, 0.05) is 20.1 Å². The van der Waals surface area contributed by atoms with E-state index in [0.29, 0.717) is 19.8 Å². The minimum absolute atomic E-state index is 0.636. The molecule has 0 aliphatic carbocycles. The van der Waals surface area contributed by atoms with Crippen molar-refractivity contribution in [2.24, 2.45) is 0 Å². The lowest BCUT2D eigenvalue weighted by Crippen LogP contribution is -2.07. The van der Waals surface area contributed by atoms with Crippen molar-refractivity contribution in [1.82, 2.24) is 10.3 Å². The van der Waals surface area contributed by atoms with Crippen molar-refractivity contribution in [3.05, 3.63) is 41.0 Å². The molecular weight excluding hydrogens is 284 g/mol. The molecule has 2 aromatic rings. The van der Waals surface area contributed by atoms with Crippen molar-refractivity contribution in [1.29, 1.82) is 0 Å². The second kappa shape index (κ2) is 8.89. The zero-order chi connectivity index (χ0) is 14.9. The van der Waals surface area contributed by atoms with Gasteiger partial charge < -0.3 is 14.8 Å². The third-order valence-electron chi connectivity index (χ3n) is 3.01. The van der Waals surface area contributed by atoms with Crippen LogP contribution in [0.25, 0.3) is 10.4 Å². The molecule has 2 rings (SSSR count). The molecule has 1 aromatic carbocycles. The van der Waals surface area contributed by atoms with Gasteiger partial charge in [-0.05, 0) is 12.6 Å². The molecule has 0 radical (unpaired) electrons. The normalized spacial score (nSPS) is 11.0. The average molecular weight is 306 g/mol. The van der Waals surface area contributed by atoms with E-state index in [0.717, 1.165) is 23.7 Å². The van der Waals surface area contributed by atoms with Gasteiger partial charge in [0.25, 0.3) is 0 Å². The average Bonchev–Trinajstić information content (AvgIpc) is 2.91. The summed E-state index contributed by atoms with van der Waals surface area (Å²) in [6.07, 6.45) is 0.845. The standard InChI is InChI=1S/C16H22N2O2S/c1-17-12-14-16(13-6-4-3-5-7-13)21-15(18-14)8-9-20-11-10-19-2/h3-7,17H,8-12H2,1-2H3. The quantitative estimate of drug-likeness (QED) is 0.724. The summed E-state index contributed by atoms with van der Waals surface area (Å²) >= 11 is 1.75. The van der Waals surface area contributed by atoms with Crippen molar-refractivity contribution in [2.45, 2.75) is 13.0 Å². The number of nitrogens with one attached hydrogen (secondary N) is 1. The summed E-state index contributed by atoms with van der Waals surface area (Å²) in [7, 11) is 3.63.